The lowest BCUT2D eigenvalue weighted by molar-refractivity contribution is -0.114. The molecule has 0 saturated carbocycles. The number of hydrogen-bond donors (Lipinski definition) is 0. The zero-order valence-corrected chi connectivity index (χ0v) is 11.6. The molecule has 1 fully saturated rings. The van der Waals surface area contributed by atoms with Gasteiger partial charge < -0.3 is 4.74 Å². The molecule has 0 radical (unpaired) electrons. The van der Waals surface area contributed by atoms with Gasteiger partial charge in [0.15, 0.2) is 0 Å². The van der Waals surface area contributed by atoms with Crippen LogP contribution in [0.2, 0.25) is 5.02 Å². The highest BCUT2D eigenvalue weighted by Gasteiger charge is 2.41. The monoisotopic (exact) mass is 297 g/mol. The van der Waals surface area contributed by atoms with Gasteiger partial charge in [-0.15, -0.1) is 0 Å². The molecule has 1 aromatic carbocycles. The highest BCUT2D eigenvalue weighted by Crippen LogP contribution is 2.37. The number of carbonyl (C=O) groups is 2. The van der Waals surface area contributed by atoms with E-state index < -0.39 is 17.5 Å². The smallest absolute Gasteiger partial charge is 0.299 e. The van der Waals surface area contributed by atoms with Crippen molar-refractivity contribution in [2.75, 3.05) is 11.4 Å². The van der Waals surface area contributed by atoms with Crippen LogP contribution < -0.4 is 4.90 Å². The van der Waals surface area contributed by atoms with E-state index in [0.717, 1.165) is 23.8 Å². The number of fused-ring (bicyclic) bond motifs is 1. The normalized spacial score (nSPS) is 25.4. The van der Waals surface area contributed by atoms with Crippen molar-refractivity contribution in [3.63, 3.8) is 0 Å². The Hall–Kier alpha value is -1.46. The third-order valence-electron chi connectivity index (χ3n) is 3.72. The van der Waals surface area contributed by atoms with Crippen LogP contribution in [0.25, 0.3) is 0 Å². The number of ketones is 1. The maximum Gasteiger partial charge on any atom is 0.299 e. The van der Waals surface area contributed by atoms with Gasteiger partial charge in [0.1, 0.15) is 5.82 Å². The Kier molecular flexibility index (Phi) is 3.26. The van der Waals surface area contributed by atoms with Gasteiger partial charge in [-0.05, 0) is 31.9 Å². The number of Topliss-reactive ketones (excluding diaryl/α,β-unsaturated/α-hetero) is 1. The third-order valence-corrected chi connectivity index (χ3v) is 4.04. The molecule has 0 bridgehead atoms. The molecule has 0 aromatic heterocycles. The lowest BCUT2D eigenvalue weighted by Crippen LogP contribution is -2.37. The first kappa shape index (κ1) is 13.5. The molecule has 2 aliphatic rings. The summed E-state index contributed by atoms with van der Waals surface area (Å²) in [6, 6.07) is 2.46. The lowest BCUT2D eigenvalue weighted by Gasteiger charge is -2.21. The van der Waals surface area contributed by atoms with Gasteiger partial charge in [-0.2, -0.15) is 0 Å². The second-order valence-corrected chi connectivity index (χ2v) is 5.55. The van der Waals surface area contributed by atoms with Gasteiger partial charge in [-0.3, -0.25) is 14.5 Å². The molecule has 1 saturated heterocycles. The van der Waals surface area contributed by atoms with Crippen molar-refractivity contribution in [3.8, 4) is 0 Å². The van der Waals surface area contributed by atoms with Crippen molar-refractivity contribution < 1.29 is 18.7 Å². The van der Waals surface area contributed by atoms with Crippen LogP contribution >= 0.6 is 11.6 Å². The van der Waals surface area contributed by atoms with E-state index in [1.807, 2.05) is 6.92 Å². The van der Waals surface area contributed by atoms with Gasteiger partial charge in [0.25, 0.3) is 11.7 Å². The van der Waals surface area contributed by atoms with Gasteiger partial charge in [0.2, 0.25) is 0 Å². The van der Waals surface area contributed by atoms with Crippen LogP contribution in [0.3, 0.4) is 0 Å². The Morgan fingerprint density at radius 1 is 1.40 bits per heavy atom. The van der Waals surface area contributed by atoms with Gasteiger partial charge >= 0.3 is 0 Å². The predicted molar refractivity (Wildman–Crippen MR) is 71.7 cm³/mol. The average Bonchev–Trinajstić information content (AvgIpc) is 2.92. The molecule has 0 spiro atoms. The quantitative estimate of drug-likeness (QED) is 0.788. The number of benzene rings is 1. The number of halogens is 2. The van der Waals surface area contributed by atoms with Gasteiger partial charge in [-0.25, -0.2) is 4.39 Å². The van der Waals surface area contributed by atoms with Crippen LogP contribution in [0.4, 0.5) is 10.1 Å². The van der Waals surface area contributed by atoms with Crippen LogP contribution in [0.15, 0.2) is 12.1 Å². The molecule has 0 aliphatic carbocycles. The molecule has 106 valence electrons. The van der Waals surface area contributed by atoms with Crippen molar-refractivity contribution in [1.29, 1.82) is 0 Å². The van der Waals surface area contributed by atoms with Crippen LogP contribution in [-0.4, -0.2) is 30.4 Å². The maximum absolute atomic E-state index is 14.0. The van der Waals surface area contributed by atoms with E-state index in [1.165, 1.54) is 6.07 Å². The van der Waals surface area contributed by atoms with E-state index in [9.17, 15) is 14.0 Å². The zero-order chi connectivity index (χ0) is 14.4. The Bertz CT molecular complexity index is 604. The first-order valence-corrected chi connectivity index (χ1v) is 6.86. The summed E-state index contributed by atoms with van der Waals surface area (Å²) >= 11 is 5.91. The SMILES string of the molecule is CC1CCC(CN2C(=O)C(=O)c3c(Cl)ccc(F)c32)O1. The number of rotatable bonds is 2. The van der Waals surface area contributed by atoms with E-state index >= 15 is 0 Å². The Morgan fingerprint density at radius 3 is 2.80 bits per heavy atom. The topological polar surface area (TPSA) is 46.6 Å². The predicted octanol–water partition coefficient (Wildman–Crippen LogP) is 2.58. The first-order chi connectivity index (χ1) is 9.49. The summed E-state index contributed by atoms with van der Waals surface area (Å²) in [7, 11) is 0. The highest BCUT2D eigenvalue weighted by atomic mass is 35.5. The minimum Gasteiger partial charge on any atom is -0.373 e. The van der Waals surface area contributed by atoms with E-state index in [4.69, 9.17) is 16.3 Å². The standard InChI is InChI=1S/C14H13ClFNO3/c1-7-2-3-8(20-7)6-17-12-10(16)5-4-9(15)11(12)13(18)14(17)19/h4-5,7-8H,2-3,6H2,1H3. The van der Waals surface area contributed by atoms with Crippen LogP contribution in [0.1, 0.15) is 30.1 Å². The van der Waals surface area contributed by atoms with Crippen molar-refractivity contribution in [1.82, 2.24) is 0 Å². The molecule has 0 N–H and O–H groups in total. The summed E-state index contributed by atoms with van der Waals surface area (Å²) in [5.41, 5.74) is -0.0571. The number of ether oxygens (including phenoxy) is 1. The number of hydrogen-bond acceptors (Lipinski definition) is 3. The summed E-state index contributed by atoms with van der Waals surface area (Å²) in [6.07, 6.45) is 1.63. The minimum atomic E-state index is -0.754. The number of carbonyl (C=O) groups excluding carboxylic acids is 2. The largest absolute Gasteiger partial charge is 0.373 e. The third kappa shape index (κ3) is 2.01. The van der Waals surface area contributed by atoms with Crippen LogP contribution in [-0.2, 0) is 9.53 Å². The number of amides is 1. The molecule has 6 heteroatoms. The molecule has 2 unspecified atom stereocenters. The summed E-state index contributed by atoms with van der Waals surface area (Å²) in [5.74, 6) is -2.11. The second kappa shape index (κ2) is 4.82. The molecule has 20 heavy (non-hydrogen) atoms. The molecule has 3 rings (SSSR count). The number of nitrogens with zero attached hydrogens (tertiary/aromatic N) is 1. The molecular weight excluding hydrogens is 285 g/mol. The average molecular weight is 298 g/mol. The Labute approximate surface area is 120 Å². The summed E-state index contributed by atoms with van der Waals surface area (Å²) in [5, 5.41) is 0.1000. The summed E-state index contributed by atoms with van der Waals surface area (Å²) in [6.45, 7) is 2.13. The van der Waals surface area contributed by atoms with Crippen LogP contribution in [0.5, 0.6) is 0 Å². The zero-order valence-electron chi connectivity index (χ0n) is 10.9. The summed E-state index contributed by atoms with van der Waals surface area (Å²) in [4.78, 5) is 25.1. The van der Waals surface area contributed by atoms with Gasteiger partial charge in [-0.1, -0.05) is 11.6 Å². The fraction of sp³-hybridized carbons (Fsp3) is 0.429. The Balaban J connectivity index is 1.96. The Morgan fingerprint density at radius 2 is 2.15 bits per heavy atom. The summed E-state index contributed by atoms with van der Waals surface area (Å²) < 4.78 is 19.6. The van der Waals surface area contributed by atoms with Crippen LogP contribution in [0, 0.1) is 5.82 Å². The van der Waals surface area contributed by atoms with Gasteiger partial charge in [0.05, 0.1) is 35.0 Å². The molecule has 2 heterocycles. The fourth-order valence-electron chi connectivity index (χ4n) is 2.75. The van der Waals surface area contributed by atoms with E-state index in [2.05, 4.69) is 0 Å². The lowest BCUT2D eigenvalue weighted by atomic mass is 10.1. The van der Waals surface area contributed by atoms with Crippen molar-refractivity contribution in [2.24, 2.45) is 0 Å². The van der Waals surface area contributed by atoms with Crippen molar-refractivity contribution in [2.45, 2.75) is 32.0 Å². The fourth-order valence-corrected chi connectivity index (χ4v) is 2.99. The molecular formula is C14H13ClFNO3. The van der Waals surface area contributed by atoms with Crippen molar-refractivity contribution in [3.05, 3.63) is 28.5 Å². The van der Waals surface area contributed by atoms with Crippen molar-refractivity contribution >= 4 is 29.0 Å². The van der Waals surface area contributed by atoms with E-state index in [0.29, 0.717) is 0 Å². The molecule has 1 aromatic rings. The maximum atomic E-state index is 14.0. The molecule has 1 amide bonds. The molecule has 2 atom stereocenters. The van der Waals surface area contributed by atoms with E-state index in [-0.39, 0.29) is 35.0 Å². The molecule has 4 nitrogen and oxygen atoms in total. The molecule has 2 aliphatic heterocycles. The number of anilines is 1. The second-order valence-electron chi connectivity index (χ2n) is 5.14. The highest BCUT2D eigenvalue weighted by molar-refractivity contribution is 6.55. The van der Waals surface area contributed by atoms with E-state index in [1.54, 1.807) is 0 Å². The minimum absolute atomic E-state index is 0.0179. The first-order valence-electron chi connectivity index (χ1n) is 6.48. The van der Waals surface area contributed by atoms with Gasteiger partial charge in [0, 0.05) is 0 Å².